The summed E-state index contributed by atoms with van der Waals surface area (Å²) in [7, 11) is 2.00. The van der Waals surface area contributed by atoms with E-state index in [1.54, 1.807) is 0 Å². The maximum absolute atomic E-state index is 4.07. The Morgan fingerprint density at radius 3 is 2.65 bits per heavy atom. The standard InChI is InChI=1S/C13H22N4/c1-3-14-13(11-8-15-16-17(11)2)12-9-6-4-5-7-10(9)12/h8-10,12-14H,3-7H2,1-2H3. The molecule has 94 valence electrons. The van der Waals surface area contributed by atoms with E-state index in [-0.39, 0.29) is 0 Å². The zero-order valence-corrected chi connectivity index (χ0v) is 10.8. The first-order valence-corrected chi connectivity index (χ1v) is 6.91. The van der Waals surface area contributed by atoms with Crippen molar-refractivity contribution in [2.45, 2.75) is 38.6 Å². The summed E-state index contributed by atoms with van der Waals surface area (Å²) in [6, 6.07) is 0.466. The highest BCUT2D eigenvalue weighted by Crippen LogP contribution is 2.60. The van der Waals surface area contributed by atoms with Crippen molar-refractivity contribution in [2.75, 3.05) is 6.54 Å². The molecule has 1 N–H and O–H groups in total. The zero-order chi connectivity index (χ0) is 11.8. The Bertz CT molecular complexity index is 375. The second kappa shape index (κ2) is 4.41. The lowest BCUT2D eigenvalue weighted by Crippen LogP contribution is -2.26. The largest absolute Gasteiger partial charge is 0.309 e. The van der Waals surface area contributed by atoms with Crippen molar-refractivity contribution in [1.82, 2.24) is 20.3 Å². The van der Waals surface area contributed by atoms with Gasteiger partial charge in [-0.1, -0.05) is 25.0 Å². The zero-order valence-electron chi connectivity index (χ0n) is 10.8. The molecule has 0 aliphatic heterocycles. The van der Waals surface area contributed by atoms with E-state index in [2.05, 4.69) is 22.6 Å². The molecule has 0 spiro atoms. The summed E-state index contributed by atoms with van der Waals surface area (Å²) in [6.07, 6.45) is 7.66. The number of hydrogen-bond acceptors (Lipinski definition) is 3. The summed E-state index contributed by atoms with van der Waals surface area (Å²) in [5.74, 6) is 2.75. The molecule has 4 heteroatoms. The molecule has 1 aromatic rings. The van der Waals surface area contributed by atoms with E-state index in [9.17, 15) is 0 Å². The Morgan fingerprint density at radius 1 is 1.41 bits per heavy atom. The predicted octanol–water partition coefficient (Wildman–Crippen LogP) is 1.90. The molecule has 0 amide bonds. The first kappa shape index (κ1) is 11.2. The maximum atomic E-state index is 4.07. The highest BCUT2D eigenvalue weighted by Gasteiger charge is 2.54. The third kappa shape index (κ3) is 1.88. The third-order valence-electron chi connectivity index (χ3n) is 4.60. The van der Waals surface area contributed by atoms with Crippen LogP contribution >= 0.6 is 0 Å². The van der Waals surface area contributed by atoms with Gasteiger partial charge < -0.3 is 5.32 Å². The number of aromatic nitrogens is 3. The molecule has 4 nitrogen and oxygen atoms in total. The van der Waals surface area contributed by atoms with Crippen LogP contribution in [0.5, 0.6) is 0 Å². The number of hydrogen-bond donors (Lipinski definition) is 1. The Kier molecular flexibility index (Phi) is 2.90. The topological polar surface area (TPSA) is 42.7 Å². The number of nitrogens with one attached hydrogen (secondary N) is 1. The van der Waals surface area contributed by atoms with Crippen molar-refractivity contribution in [3.05, 3.63) is 11.9 Å². The summed E-state index contributed by atoms with van der Waals surface area (Å²) in [5, 5.41) is 11.7. The molecule has 3 unspecified atom stereocenters. The van der Waals surface area contributed by atoms with Crippen LogP contribution in [0.1, 0.15) is 44.3 Å². The van der Waals surface area contributed by atoms with Crippen LogP contribution < -0.4 is 5.32 Å². The number of fused-ring (bicyclic) bond motifs is 1. The van der Waals surface area contributed by atoms with E-state index in [1.165, 1.54) is 31.4 Å². The van der Waals surface area contributed by atoms with Gasteiger partial charge in [0.25, 0.3) is 0 Å². The van der Waals surface area contributed by atoms with Gasteiger partial charge in [-0.05, 0) is 37.1 Å². The molecule has 3 atom stereocenters. The molecule has 1 aromatic heterocycles. The van der Waals surface area contributed by atoms with Crippen LogP contribution in [0.3, 0.4) is 0 Å². The van der Waals surface area contributed by atoms with Gasteiger partial charge in [-0.2, -0.15) is 0 Å². The molecule has 0 aromatic carbocycles. The second-order valence-corrected chi connectivity index (χ2v) is 5.51. The van der Waals surface area contributed by atoms with Gasteiger partial charge in [0.1, 0.15) is 0 Å². The fourth-order valence-corrected chi connectivity index (χ4v) is 3.78. The van der Waals surface area contributed by atoms with Crippen molar-refractivity contribution in [3.63, 3.8) is 0 Å². The van der Waals surface area contributed by atoms with Crippen LogP contribution in [-0.4, -0.2) is 21.5 Å². The van der Waals surface area contributed by atoms with Crippen LogP contribution in [0.4, 0.5) is 0 Å². The molecule has 17 heavy (non-hydrogen) atoms. The van der Waals surface area contributed by atoms with Crippen LogP contribution in [0.2, 0.25) is 0 Å². The smallest absolute Gasteiger partial charge is 0.0756 e. The molecule has 1 heterocycles. The molecule has 3 rings (SSSR count). The van der Waals surface area contributed by atoms with Gasteiger partial charge in [0.15, 0.2) is 0 Å². The summed E-state index contributed by atoms with van der Waals surface area (Å²) >= 11 is 0. The normalized spacial score (nSPS) is 33.2. The van der Waals surface area contributed by atoms with Crippen LogP contribution in [0, 0.1) is 17.8 Å². The molecule has 0 radical (unpaired) electrons. The summed E-state index contributed by atoms with van der Waals surface area (Å²) < 4.78 is 1.93. The average molecular weight is 234 g/mol. The SMILES string of the molecule is CCNC(c1cnnn1C)C1C2CCCCC21. The quantitative estimate of drug-likeness (QED) is 0.865. The van der Waals surface area contributed by atoms with Gasteiger partial charge in [-0.3, -0.25) is 4.68 Å². The van der Waals surface area contributed by atoms with Gasteiger partial charge in [0.05, 0.1) is 17.9 Å². The Hall–Kier alpha value is -0.900. The predicted molar refractivity (Wildman–Crippen MR) is 66.4 cm³/mol. The van der Waals surface area contributed by atoms with Gasteiger partial charge >= 0.3 is 0 Å². The van der Waals surface area contributed by atoms with Crippen molar-refractivity contribution in [2.24, 2.45) is 24.8 Å². The van der Waals surface area contributed by atoms with E-state index in [0.717, 1.165) is 24.3 Å². The molecule has 2 aliphatic carbocycles. The van der Waals surface area contributed by atoms with Crippen molar-refractivity contribution < 1.29 is 0 Å². The maximum Gasteiger partial charge on any atom is 0.0756 e. The number of nitrogens with zero attached hydrogens (tertiary/aromatic N) is 3. The highest BCUT2D eigenvalue weighted by molar-refractivity contribution is 5.13. The van der Waals surface area contributed by atoms with Gasteiger partial charge in [0.2, 0.25) is 0 Å². The Morgan fingerprint density at radius 2 is 2.12 bits per heavy atom. The third-order valence-corrected chi connectivity index (χ3v) is 4.60. The van der Waals surface area contributed by atoms with Crippen LogP contribution in [0.15, 0.2) is 6.20 Å². The second-order valence-electron chi connectivity index (χ2n) is 5.51. The van der Waals surface area contributed by atoms with E-state index < -0.39 is 0 Å². The molecular formula is C13H22N4. The van der Waals surface area contributed by atoms with E-state index in [4.69, 9.17) is 0 Å². The molecule has 2 fully saturated rings. The van der Waals surface area contributed by atoms with Crippen LogP contribution in [0.25, 0.3) is 0 Å². The highest BCUT2D eigenvalue weighted by atomic mass is 15.4. The fraction of sp³-hybridized carbons (Fsp3) is 0.846. The lowest BCUT2D eigenvalue weighted by atomic mass is 10.0. The Balaban J connectivity index is 1.79. The molecular weight excluding hydrogens is 212 g/mol. The summed E-state index contributed by atoms with van der Waals surface area (Å²) in [4.78, 5) is 0. The fourth-order valence-electron chi connectivity index (χ4n) is 3.78. The average Bonchev–Trinajstić information content (AvgIpc) is 2.91. The van der Waals surface area contributed by atoms with Crippen LogP contribution in [-0.2, 0) is 7.05 Å². The first-order chi connectivity index (χ1) is 8.33. The van der Waals surface area contributed by atoms with Gasteiger partial charge in [-0.25, -0.2) is 0 Å². The summed E-state index contributed by atoms with van der Waals surface area (Å²) in [6.45, 7) is 3.20. The molecule has 2 saturated carbocycles. The molecule has 2 aliphatic rings. The van der Waals surface area contributed by atoms with Gasteiger partial charge in [-0.15, -0.1) is 5.10 Å². The molecule has 0 saturated heterocycles. The van der Waals surface area contributed by atoms with Crippen molar-refractivity contribution >= 4 is 0 Å². The van der Waals surface area contributed by atoms with E-state index >= 15 is 0 Å². The van der Waals surface area contributed by atoms with Gasteiger partial charge in [0, 0.05) is 7.05 Å². The molecule has 0 bridgehead atoms. The first-order valence-electron chi connectivity index (χ1n) is 6.91. The minimum Gasteiger partial charge on any atom is -0.309 e. The summed E-state index contributed by atoms with van der Waals surface area (Å²) in [5.41, 5.74) is 1.26. The minimum atomic E-state index is 0.466. The lowest BCUT2D eigenvalue weighted by Gasteiger charge is -2.17. The number of rotatable bonds is 4. The monoisotopic (exact) mass is 234 g/mol. The lowest BCUT2D eigenvalue weighted by molar-refractivity contribution is 0.429. The number of aryl methyl sites for hydroxylation is 1. The van der Waals surface area contributed by atoms with Crippen molar-refractivity contribution in [3.8, 4) is 0 Å². The minimum absolute atomic E-state index is 0.466. The van der Waals surface area contributed by atoms with E-state index in [0.29, 0.717) is 6.04 Å². The van der Waals surface area contributed by atoms with Crippen molar-refractivity contribution in [1.29, 1.82) is 0 Å². The Labute approximate surface area is 103 Å². The van der Waals surface area contributed by atoms with E-state index in [1.807, 2.05) is 17.9 Å².